The van der Waals surface area contributed by atoms with E-state index in [9.17, 15) is 9.59 Å². The van der Waals surface area contributed by atoms with E-state index in [-0.39, 0.29) is 36.6 Å². The van der Waals surface area contributed by atoms with Crippen LogP contribution in [0.3, 0.4) is 0 Å². The van der Waals surface area contributed by atoms with Gasteiger partial charge < -0.3 is 24.8 Å². The Morgan fingerprint density at radius 1 is 1.41 bits per heavy atom. The van der Waals surface area contributed by atoms with E-state index in [0.717, 1.165) is 19.3 Å². The van der Waals surface area contributed by atoms with Crippen LogP contribution in [0, 0.1) is 5.41 Å². The fraction of sp³-hybridized carbons (Fsp3) is 0.867. The number of rotatable bonds is 6. The van der Waals surface area contributed by atoms with Crippen LogP contribution in [0.1, 0.15) is 32.6 Å². The molecule has 0 aromatic rings. The lowest BCUT2D eigenvalue weighted by molar-refractivity contribution is -0.170. The largest absolute Gasteiger partial charge is 0.481 e. The van der Waals surface area contributed by atoms with Crippen molar-refractivity contribution in [2.24, 2.45) is 5.41 Å². The first-order chi connectivity index (χ1) is 10.5. The van der Waals surface area contributed by atoms with Gasteiger partial charge in [-0.15, -0.1) is 0 Å². The van der Waals surface area contributed by atoms with Crippen LogP contribution in [-0.4, -0.2) is 67.6 Å². The van der Waals surface area contributed by atoms with Crippen LogP contribution in [0.2, 0.25) is 0 Å². The number of hydrogen-bond acceptors (Lipinski definition) is 4. The monoisotopic (exact) mass is 314 g/mol. The van der Waals surface area contributed by atoms with Crippen molar-refractivity contribution in [1.82, 2.24) is 10.2 Å². The summed E-state index contributed by atoms with van der Waals surface area (Å²) >= 11 is 0. The Balaban J connectivity index is 1.91. The third kappa shape index (κ3) is 3.52. The first kappa shape index (κ1) is 17.0. The number of carboxylic acids is 1. The van der Waals surface area contributed by atoms with E-state index in [1.165, 1.54) is 4.90 Å². The van der Waals surface area contributed by atoms with Crippen LogP contribution in [0.4, 0.5) is 4.79 Å². The first-order valence-electron chi connectivity index (χ1n) is 7.92. The molecule has 0 aromatic carbocycles. The molecule has 2 amide bonds. The minimum absolute atomic E-state index is 0.0302. The molecule has 1 spiro atoms. The van der Waals surface area contributed by atoms with Crippen molar-refractivity contribution in [3.63, 3.8) is 0 Å². The summed E-state index contributed by atoms with van der Waals surface area (Å²) < 4.78 is 11.3. The van der Waals surface area contributed by atoms with Crippen LogP contribution in [0.5, 0.6) is 0 Å². The van der Waals surface area contributed by atoms with Gasteiger partial charge in [0.05, 0.1) is 12.5 Å². The van der Waals surface area contributed by atoms with Crippen LogP contribution in [0.25, 0.3) is 0 Å². The molecule has 126 valence electrons. The molecule has 2 rings (SSSR count). The Bertz CT molecular complexity index is 409. The second-order valence-electron chi connectivity index (χ2n) is 6.09. The number of urea groups is 1. The van der Waals surface area contributed by atoms with Gasteiger partial charge in [-0.05, 0) is 26.2 Å². The van der Waals surface area contributed by atoms with Gasteiger partial charge in [-0.2, -0.15) is 0 Å². The summed E-state index contributed by atoms with van der Waals surface area (Å²) in [6.45, 7) is 4.26. The number of nitrogens with zero attached hydrogens (tertiary/aromatic N) is 1. The summed E-state index contributed by atoms with van der Waals surface area (Å²) in [5.41, 5.74) is -0.0302. The van der Waals surface area contributed by atoms with Gasteiger partial charge in [-0.3, -0.25) is 4.79 Å². The Labute approximate surface area is 130 Å². The molecule has 0 radical (unpaired) electrons. The summed E-state index contributed by atoms with van der Waals surface area (Å²) in [6, 6.07) is -0.139. The minimum Gasteiger partial charge on any atom is -0.481 e. The molecule has 2 aliphatic rings. The Hall–Kier alpha value is -1.34. The molecule has 0 bridgehead atoms. The van der Waals surface area contributed by atoms with E-state index in [1.54, 1.807) is 7.05 Å². The third-order valence-corrected chi connectivity index (χ3v) is 4.88. The Kier molecular flexibility index (Phi) is 5.63. The number of nitrogens with one attached hydrogen (secondary N) is 1. The highest BCUT2D eigenvalue weighted by atomic mass is 16.5. The van der Waals surface area contributed by atoms with E-state index in [1.807, 2.05) is 6.92 Å². The Morgan fingerprint density at radius 3 is 2.68 bits per heavy atom. The molecule has 1 heterocycles. The third-order valence-electron chi connectivity index (χ3n) is 4.88. The van der Waals surface area contributed by atoms with E-state index in [4.69, 9.17) is 14.6 Å². The summed E-state index contributed by atoms with van der Waals surface area (Å²) in [6.07, 6.45) is 2.72. The SMILES string of the molecule is CCOC1CC(NC(=O)N(C)CCC(=O)O)C12CCOCC2. The molecule has 2 unspecified atom stereocenters. The average molecular weight is 314 g/mol. The molecule has 1 saturated carbocycles. The fourth-order valence-electron chi connectivity index (χ4n) is 3.43. The normalized spacial score (nSPS) is 26.3. The van der Waals surface area contributed by atoms with Crippen LogP contribution >= 0.6 is 0 Å². The van der Waals surface area contributed by atoms with Gasteiger partial charge >= 0.3 is 12.0 Å². The van der Waals surface area contributed by atoms with Gasteiger partial charge in [-0.1, -0.05) is 0 Å². The lowest BCUT2D eigenvalue weighted by atomic mass is 9.57. The number of amides is 2. The van der Waals surface area contributed by atoms with E-state index < -0.39 is 5.97 Å². The highest BCUT2D eigenvalue weighted by Crippen LogP contribution is 2.50. The van der Waals surface area contributed by atoms with Gasteiger partial charge in [-0.25, -0.2) is 4.79 Å². The van der Waals surface area contributed by atoms with Gasteiger partial charge in [0.2, 0.25) is 0 Å². The summed E-state index contributed by atoms with van der Waals surface area (Å²) in [4.78, 5) is 24.2. The highest BCUT2D eigenvalue weighted by molar-refractivity contribution is 5.75. The predicted octanol–water partition coefficient (Wildman–Crippen LogP) is 1.08. The number of aliphatic carboxylic acids is 1. The second kappa shape index (κ2) is 7.28. The van der Waals surface area contributed by atoms with Crippen molar-refractivity contribution in [2.45, 2.75) is 44.8 Å². The maximum Gasteiger partial charge on any atom is 0.317 e. The van der Waals surface area contributed by atoms with E-state index in [0.29, 0.717) is 19.8 Å². The minimum atomic E-state index is -0.902. The zero-order valence-corrected chi connectivity index (χ0v) is 13.3. The molecule has 7 nitrogen and oxygen atoms in total. The van der Waals surface area contributed by atoms with Crippen molar-refractivity contribution < 1.29 is 24.2 Å². The number of hydrogen-bond donors (Lipinski definition) is 2. The molecular formula is C15H26N2O5. The van der Waals surface area contributed by atoms with Crippen molar-refractivity contribution in [1.29, 1.82) is 0 Å². The molecule has 1 saturated heterocycles. The first-order valence-corrected chi connectivity index (χ1v) is 7.92. The number of carbonyl (C=O) groups is 2. The van der Waals surface area contributed by atoms with Crippen molar-refractivity contribution in [3.8, 4) is 0 Å². The second-order valence-corrected chi connectivity index (χ2v) is 6.09. The number of carboxylic acid groups (broad SMARTS) is 1. The van der Waals surface area contributed by atoms with Crippen molar-refractivity contribution in [2.75, 3.05) is 33.4 Å². The lowest BCUT2D eigenvalue weighted by Crippen LogP contribution is -2.67. The quantitative estimate of drug-likeness (QED) is 0.766. The van der Waals surface area contributed by atoms with E-state index in [2.05, 4.69) is 5.32 Å². The number of carbonyl (C=O) groups excluding carboxylic acids is 1. The molecule has 2 atom stereocenters. The van der Waals surface area contributed by atoms with Crippen molar-refractivity contribution >= 4 is 12.0 Å². The molecule has 2 N–H and O–H groups in total. The maximum atomic E-state index is 12.2. The summed E-state index contributed by atoms with van der Waals surface area (Å²) in [5, 5.41) is 11.7. The van der Waals surface area contributed by atoms with Crippen molar-refractivity contribution in [3.05, 3.63) is 0 Å². The summed E-state index contributed by atoms with van der Waals surface area (Å²) in [7, 11) is 1.62. The smallest absolute Gasteiger partial charge is 0.317 e. The van der Waals surface area contributed by atoms with Crippen LogP contribution < -0.4 is 5.32 Å². The number of ether oxygens (including phenoxy) is 2. The Morgan fingerprint density at radius 2 is 2.09 bits per heavy atom. The van der Waals surface area contributed by atoms with Gasteiger partial charge in [0.25, 0.3) is 0 Å². The molecule has 2 fully saturated rings. The zero-order chi connectivity index (χ0) is 16.2. The zero-order valence-electron chi connectivity index (χ0n) is 13.3. The van der Waals surface area contributed by atoms with Gasteiger partial charge in [0.1, 0.15) is 0 Å². The molecule has 22 heavy (non-hydrogen) atoms. The lowest BCUT2D eigenvalue weighted by Gasteiger charge is -2.57. The topological polar surface area (TPSA) is 88.1 Å². The molecule has 1 aliphatic carbocycles. The fourth-order valence-corrected chi connectivity index (χ4v) is 3.43. The molecule has 7 heteroatoms. The highest BCUT2D eigenvalue weighted by Gasteiger charge is 2.56. The predicted molar refractivity (Wildman–Crippen MR) is 79.7 cm³/mol. The van der Waals surface area contributed by atoms with Crippen LogP contribution in [-0.2, 0) is 14.3 Å². The molecule has 1 aliphatic heterocycles. The van der Waals surface area contributed by atoms with Crippen LogP contribution in [0.15, 0.2) is 0 Å². The average Bonchev–Trinajstić information content (AvgIpc) is 2.52. The summed E-state index contributed by atoms with van der Waals surface area (Å²) in [5.74, 6) is -0.902. The molecule has 0 aromatic heterocycles. The van der Waals surface area contributed by atoms with Gasteiger partial charge in [0, 0.05) is 44.9 Å². The van der Waals surface area contributed by atoms with E-state index >= 15 is 0 Å². The molecular weight excluding hydrogens is 288 g/mol. The maximum absolute atomic E-state index is 12.2. The van der Waals surface area contributed by atoms with Gasteiger partial charge in [0.15, 0.2) is 0 Å². The standard InChI is InChI=1S/C15H26N2O5/c1-3-22-12-10-11(15(12)5-8-21-9-6-15)16-14(20)17(2)7-4-13(18)19/h11-12H,3-10H2,1-2H3,(H,16,20)(H,18,19).